The van der Waals surface area contributed by atoms with Crippen molar-refractivity contribution in [2.24, 2.45) is 0 Å². The Morgan fingerprint density at radius 3 is 2.48 bits per heavy atom. The van der Waals surface area contributed by atoms with Crippen molar-refractivity contribution >= 4 is 11.0 Å². The highest BCUT2D eigenvalue weighted by Crippen LogP contribution is 2.33. The highest BCUT2D eigenvalue weighted by molar-refractivity contribution is 5.81. The van der Waals surface area contributed by atoms with E-state index in [-0.39, 0.29) is 22.7 Å². The minimum Gasteiger partial charge on any atom is -0.508 e. The molecule has 0 atom stereocenters. The highest BCUT2D eigenvalue weighted by Gasteiger charge is 2.12. The lowest BCUT2D eigenvalue weighted by Gasteiger charge is -2.09. The van der Waals surface area contributed by atoms with Gasteiger partial charge in [-0.05, 0) is 29.8 Å². The maximum absolute atomic E-state index is 12.4. The van der Waals surface area contributed by atoms with Gasteiger partial charge in [-0.15, -0.1) is 0 Å². The van der Waals surface area contributed by atoms with Gasteiger partial charge in [0.2, 0.25) is 0 Å². The Bertz CT molecular complexity index is 1160. The van der Waals surface area contributed by atoms with Crippen LogP contribution in [-0.2, 0) is 6.61 Å². The van der Waals surface area contributed by atoms with Gasteiger partial charge in [0.05, 0.1) is 10.9 Å². The second kappa shape index (κ2) is 6.88. The molecule has 27 heavy (non-hydrogen) atoms. The summed E-state index contributed by atoms with van der Waals surface area (Å²) < 4.78 is 11.6. The Hall–Kier alpha value is -3.73. The van der Waals surface area contributed by atoms with Gasteiger partial charge in [-0.2, -0.15) is 0 Å². The van der Waals surface area contributed by atoms with Crippen molar-refractivity contribution in [2.45, 2.75) is 6.61 Å². The zero-order valence-electron chi connectivity index (χ0n) is 14.3. The number of benzene rings is 3. The van der Waals surface area contributed by atoms with Crippen LogP contribution in [0.1, 0.15) is 5.56 Å². The van der Waals surface area contributed by atoms with Gasteiger partial charge in [0.1, 0.15) is 35.2 Å². The molecule has 5 heteroatoms. The topological polar surface area (TPSA) is 79.9 Å². The van der Waals surface area contributed by atoms with Crippen LogP contribution in [-0.4, -0.2) is 10.2 Å². The van der Waals surface area contributed by atoms with E-state index in [1.165, 1.54) is 24.3 Å². The van der Waals surface area contributed by atoms with Gasteiger partial charge in [-0.1, -0.05) is 30.3 Å². The molecule has 1 heterocycles. The number of hydrogen-bond acceptors (Lipinski definition) is 5. The average Bonchev–Trinajstić information content (AvgIpc) is 2.67. The van der Waals surface area contributed by atoms with Gasteiger partial charge in [0.25, 0.3) is 0 Å². The Balaban J connectivity index is 1.70. The van der Waals surface area contributed by atoms with Gasteiger partial charge < -0.3 is 19.4 Å². The highest BCUT2D eigenvalue weighted by atomic mass is 16.5. The number of fused-ring (bicyclic) bond motifs is 1. The molecule has 0 unspecified atom stereocenters. The fraction of sp³-hybridized carbons (Fsp3) is 0.0455. The van der Waals surface area contributed by atoms with Crippen LogP contribution in [0.15, 0.2) is 82.0 Å². The third-order valence-corrected chi connectivity index (χ3v) is 4.20. The molecule has 0 aliphatic heterocycles. The molecule has 3 aromatic carbocycles. The summed E-state index contributed by atoms with van der Waals surface area (Å²) in [6.07, 6.45) is 0. The van der Waals surface area contributed by atoms with E-state index in [2.05, 4.69) is 0 Å². The van der Waals surface area contributed by atoms with Crippen LogP contribution >= 0.6 is 0 Å². The predicted molar refractivity (Wildman–Crippen MR) is 102 cm³/mol. The molecule has 0 radical (unpaired) electrons. The first-order valence-electron chi connectivity index (χ1n) is 8.37. The molecule has 0 fully saturated rings. The average molecular weight is 360 g/mol. The lowest BCUT2D eigenvalue weighted by Crippen LogP contribution is -2.01. The van der Waals surface area contributed by atoms with E-state index < -0.39 is 0 Å². The largest absolute Gasteiger partial charge is 0.508 e. The Morgan fingerprint density at radius 1 is 0.889 bits per heavy atom. The van der Waals surface area contributed by atoms with E-state index in [0.29, 0.717) is 28.9 Å². The summed E-state index contributed by atoms with van der Waals surface area (Å²) in [4.78, 5) is 12.4. The molecule has 2 N–H and O–H groups in total. The van der Waals surface area contributed by atoms with Crippen LogP contribution in [0.5, 0.6) is 17.2 Å². The molecule has 1 aromatic heterocycles. The van der Waals surface area contributed by atoms with Crippen molar-refractivity contribution in [1.29, 1.82) is 0 Å². The van der Waals surface area contributed by atoms with E-state index >= 15 is 0 Å². The maximum atomic E-state index is 12.4. The van der Waals surface area contributed by atoms with Crippen molar-refractivity contribution in [3.63, 3.8) is 0 Å². The number of phenols is 2. The minimum absolute atomic E-state index is 0.0732. The van der Waals surface area contributed by atoms with E-state index in [0.717, 1.165) is 5.56 Å². The molecule has 0 bridgehead atoms. The zero-order chi connectivity index (χ0) is 18.8. The molecule has 4 aromatic rings. The van der Waals surface area contributed by atoms with Gasteiger partial charge in [0, 0.05) is 18.2 Å². The van der Waals surface area contributed by atoms with Gasteiger partial charge in [-0.3, -0.25) is 4.79 Å². The summed E-state index contributed by atoms with van der Waals surface area (Å²) in [5, 5.41) is 19.9. The van der Waals surface area contributed by atoms with Crippen LogP contribution in [0.25, 0.3) is 22.3 Å². The quantitative estimate of drug-likeness (QED) is 0.562. The number of ether oxygens (including phenoxy) is 1. The van der Waals surface area contributed by atoms with Gasteiger partial charge in [0.15, 0.2) is 5.43 Å². The monoisotopic (exact) mass is 360 g/mol. The Labute approximate surface area is 154 Å². The normalized spacial score (nSPS) is 10.8. The summed E-state index contributed by atoms with van der Waals surface area (Å²) in [5.41, 5.74) is 1.48. The SMILES string of the molecule is O=c1cc(-c2ccc(O)cc2O)oc2cc(OCc3ccccc3)ccc12. The van der Waals surface area contributed by atoms with Crippen LogP contribution < -0.4 is 10.2 Å². The lowest BCUT2D eigenvalue weighted by atomic mass is 10.1. The summed E-state index contributed by atoms with van der Waals surface area (Å²) in [7, 11) is 0. The molecule has 0 amide bonds. The first-order chi connectivity index (χ1) is 13.1. The summed E-state index contributed by atoms with van der Waals surface area (Å²) >= 11 is 0. The smallest absolute Gasteiger partial charge is 0.193 e. The second-order valence-electron chi connectivity index (χ2n) is 6.11. The van der Waals surface area contributed by atoms with Crippen LogP contribution in [0.3, 0.4) is 0 Å². The molecule has 5 nitrogen and oxygen atoms in total. The third kappa shape index (κ3) is 3.48. The number of aromatic hydroxyl groups is 2. The van der Waals surface area contributed by atoms with Crippen molar-refractivity contribution in [1.82, 2.24) is 0 Å². The molecule has 134 valence electrons. The van der Waals surface area contributed by atoms with Crippen molar-refractivity contribution in [3.05, 3.63) is 88.6 Å². The molecule has 0 aliphatic rings. The number of rotatable bonds is 4. The lowest BCUT2D eigenvalue weighted by molar-refractivity contribution is 0.306. The molecular formula is C22H16O5. The van der Waals surface area contributed by atoms with E-state index in [1.807, 2.05) is 30.3 Å². The Kier molecular flexibility index (Phi) is 4.26. The predicted octanol–water partition coefficient (Wildman–Crippen LogP) is 4.45. The summed E-state index contributed by atoms with van der Waals surface area (Å²) in [6, 6.07) is 20.2. The molecule has 4 rings (SSSR count). The third-order valence-electron chi connectivity index (χ3n) is 4.20. The van der Waals surface area contributed by atoms with Crippen LogP contribution in [0.2, 0.25) is 0 Å². The van der Waals surface area contributed by atoms with Crippen LogP contribution in [0.4, 0.5) is 0 Å². The van der Waals surface area contributed by atoms with Crippen molar-refractivity contribution < 1.29 is 19.4 Å². The fourth-order valence-corrected chi connectivity index (χ4v) is 2.83. The summed E-state index contributed by atoms with van der Waals surface area (Å²) in [6.45, 7) is 0.398. The summed E-state index contributed by atoms with van der Waals surface area (Å²) in [5.74, 6) is 0.539. The minimum atomic E-state index is -0.228. The standard InChI is InChI=1S/C22H16O5/c23-15-6-8-17(19(24)10-15)22-12-20(25)18-9-7-16(11-21(18)27-22)26-13-14-4-2-1-3-5-14/h1-12,23-24H,13H2. The molecule has 0 aliphatic carbocycles. The van der Waals surface area contributed by atoms with E-state index in [4.69, 9.17) is 9.15 Å². The first kappa shape index (κ1) is 16.7. The van der Waals surface area contributed by atoms with E-state index in [9.17, 15) is 15.0 Å². The first-order valence-corrected chi connectivity index (χ1v) is 8.37. The van der Waals surface area contributed by atoms with E-state index in [1.54, 1.807) is 18.2 Å². The van der Waals surface area contributed by atoms with Gasteiger partial charge in [-0.25, -0.2) is 0 Å². The maximum Gasteiger partial charge on any atom is 0.193 e. The molecular weight excluding hydrogens is 344 g/mol. The molecule has 0 saturated heterocycles. The number of hydrogen-bond donors (Lipinski definition) is 2. The number of phenolic OH excluding ortho intramolecular Hbond substituents is 2. The second-order valence-corrected chi connectivity index (χ2v) is 6.11. The van der Waals surface area contributed by atoms with Crippen LogP contribution in [0, 0.1) is 0 Å². The van der Waals surface area contributed by atoms with Crippen molar-refractivity contribution in [2.75, 3.05) is 0 Å². The Morgan fingerprint density at radius 2 is 1.70 bits per heavy atom. The zero-order valence-corrected chi connectivity index (χ0v) is 14.3. The molecule has 0 saturated carbocycles. The fourth-order valence-electron chi connectivity index (χ4n) is 2.83. The van der Waals surface area contributed by atoms with Crippen molar-refractivity contribution in [3.8, 4) is 28.6 Å². The molecule has 0 spiro atoms. The van der Waals surface area contributed by atoms with Gasteiger partial charge >= 0.3 is 0 Å².